The number of hydrogen-bond donors (Lipinski definition) is 2. The number of carbonyl (C=O) groups excluding carboxylic acids is 1. The SMILES string of the molecule is COC(=O)c1c(NC(=S)NC(C)C(C)(C)C)sc(C)c1C. The zero-order valence-electron chi connectivity index (χ0n) is 13.7. The van der Waals surface area contributed by atoms with E-state index in [9.17, 15) is 4.79 Å². The number of aryl methyl sites for hydroxylation is 1. The van der Waals surface area contributed by atoms with Gasteiger partial charge in [0, 0.05) is 10.9 Å². The Morgan fingerprint density at radius 2 is 1.90 bits per heavy atom. The maximum absolute atomic E-state index is 11.9. The van der Waals surface area contributed by atoms with Gasteiger partial charge in [-0.1, -0.05) is 20.8 Å². The van der Waals surface area contributed by atoms with E-state index in [0.717, 1.165) is 15.4 Å². The van der Waals surface area contributed by atoms with E-state index >= 15 is 0 Å². The lowest BCUT2D eigenvalue weighted by Gasteiger charge is -2.29. The minimum Gasteiger partial charge on any atom is -0.465 e. The molecule has 1 aromatic rings. The molecule has 0 amide bonds. The van der Waals surface area contributed by atoms with Gasteiger partial charge in [-0.25, -0.2) is 4.79 Å². The monoisotopic (exact) mass is 328 g/mol. The molecule has 0 saturated heterocycles. The molecule has 0 aliphatic carbocycles. The van der Waals surface area contributed by atoms with Crippen molar-refractivity contribution in [2.75, 3.05) is 12.4 Å². The predicted molar refractivity (Wildman–Crippen MR) is 93.4 cm³/mol. The van der Waals surface area contributed by atoms with Gasteiger partial charge in [0.25, 0.3) is 0 Å². The average Bonchev–Trinajstić information content (AvgIpc) is 2.62. The minimum absolute atomic E-state index is 0.0954. The Bertz CT molecular complexity index is 545. The molecule has 1 rings (SSSR count). The van der Waals surface area contributed by atoms with Crippen LogP contribution in [0.1, 0.15) is 48.5 Å². The maximum Gasteiger partial charge on any atom is 0.341 e. The van der Waals surface area contributed by atoms with E-state index < -0.39 is 0 Å². The lowest BCUT2D eigenvalue weighted by Crippen LogP contribution is -2.43. The van der Waals surface area contributed by atoms with Crippen LogP contribution in [0.25, 0.3) is 0 Å². The summed E-state index contributed by atoms with van der Waals surface area (Å²) >= 11 is 6.86. The summed E-state index contributed by atoms with van der Waals surface area (Å²) in [5, 5.41) is 7.63. The van der Waals surface area contributed by atoms with Gasteiger partial charge < -0.3 is 15.4 Å². The molecule has 1 aromatic heterocycles. The number of carbonyl (C=O) groups is 1. The molecule has 21 heavy (non-hydrogen) atoms. The average molecular weight is 329 g/mol. The molecule has 6 heteroatoms. The Kier molecular flexibility index (Phi) is 5.75. The smallest absolute Gasteiger partial charge is 0.341 e. The first-order chi connectivity index (χ1) is 9.57. The van der Waals surface area contributed by atoms with Crippen LogP contribution >= 0.6 is 23.6 Å². The van der Waals surface area contributed by atoms with Gasteiger partial charge in [-0.3, -0.25) is 0 Å². The van der Waals surface area contributed by atoms with E-state index in [1.54, 1.807) is 0 Å². The third-order valence-corrected chi connectivity index (χ3v) is 4.99. The molecule has 0 spiro atoms. The zero-order chi connectivity index (χ0) is 16.4. The highest BCUT2D eigenvalue weighted by molar-refractivity contribution is 7.80. The summed E-state index contributed by atoms with van der Waals surface area (Å²) < 4.78 is 4.85. The maximum atomic E-state index is 11.9. The molecule has 0 radical (unpaired) electrons. The van der Waals surface area contributed by atoms with E-state index in [0.29, 0.717) is 10.7 Å². The van der Waals surface area contributed by atoms with Crippen LogP contribution in [-0.4, -0.2) is 24.2 Å². The number of ether oxygens (including phenoxy) is 1. The first-order valence-corrected chi connectivity index (χ1v) is 8.06. The first-order valence-electron chi connectivity index (χ1n) is 6.83. The number of thiocarbonyl (C=S) groups is 1. The summed E-state index contributed by atoms with van der Waals surface area (Å²) in [7, 11) is 1.39. The highest BCUT2D eigenvalue weighted by Crippen LogP contribution is 2.33. The lowest BCUT2D eigenvalue weighted by molar-refractivity contribution is 0.0601. The summed E-state index contributed by atoms with van der Waals surface area (Å²) in [6.45, 7) is 12.4. The van der Waals surface area contributed by atoms with Gasteiger partial charge in [-0.15, -0.1) is 11.3 Å². The van der Waals surface area contributed by atoms with Gasteiger partial charge in [-0.05, 0) is 44.0 Å². The Hall–Kier alpha value is -1.14. The predicted octanol–water partition coefficient (Wildman–Crippen LogP) is 3.87. The van der Waals surface area contributed by atoms with Crippen molar-refractivity contribution in [2.24, 2.45) is 5.41 Å². The summed E-state index contributed by atoms with van der Waals surface area (Å²) in [4.78, 5) is 13.0. The van der Waals surface area contributed by atoms with Crippen LogP contribution in [-0.2, 0) is 4.74 Å². The molecule has 0 aliphatic heterocycles. The second-order valence-electron chi connectivity index (χ2n) is 6.17. The molecule has 0 fully saturated rings. The minimum atomic E-state index is -0.342. The fraction of sp³-hybridized carbons (Fsp3) is 0.600. The third kappa shape index (κ3) is 4.41. The highest BCUT2D eigenvalue weighted by atomic mass is 32.1. The van der Waals surface area contributed by atoms with Crippen molar-refractivity contribution < 1.29 is 9.53 Å². The van der Waals surface area contributed by atoms with Crippen LogP contribution < -0.4 is 10.6 Å². The second-order valence-corrected chi connectivity index (χ2v) is 7.80. The second kappa shape index (κ2) is 6.75. The van der Waals surface area contributed by atoms with Crippen molar-refractivity contribution in [3.8, 4) is 0 Å². The molecule has 118 valence electrons. The molecular formula is C15H24N2O2S2. The van der Waals surface area contributed by atoms with Crippen molar-refractivity contribution in [3.63, 3.8) is 0 Å². The number of thiophene rings is 1. The van der Waals surface area contributed by atoms with Gasteiger partial charge in [0.05, 0.1) is 12.7 Å². The van der Waals surface area contributed by atoms with Crippen molar-refractivity contribution in [2.45, 2.75) is 47.6 Å². The number of esters is 1. The van der Waals surface area contributed by atoms with Gasteiger partial charge >= 0.3 is 5.97 Å². The highest BCUT2D eigenvalue weighted by Gasteiger charge is 2.23. The van der Waals surface area contributed by atoms with Crippen LogP contribution in [0.2, 0.25) is 0 Å². The molecule has 1 atom stereocenters. The fourth-order valence-corrected chi connectivity index (χ4v) is 3.01. The molecule has 4 nitrogen and oxygen atoms in total. The van der Waals surface area contributed by atoms with Crippen LogP contribution in [0.3, 0.4) is 0 Å². The van der Waals surface area contributed by atoms with Crippen molar-refractivity contribution in [3.05, 3.63) is 16.0 Å². The number of anilines is 1. The van der Waals surface area contributed by atoms with Crippen LogP contribution in [0.5, 0.6) is 0 Å². The Morgan fingerprint density at radius 3 is 2.38 bits per heavy atom. The summed E-state index contributed by atoms with van der Waals surface area (Å²) in [6, 6.07) is 0.209. The molecule has 1 heterocycles. The summed E-state index contributed by atoms with van der Waals surface area (Å²) in [5.41, 5.74) is 1.59. The standard InChI is InChI=1S/C15H24N2O2S2/c1-8-9(2)21-12(11(8)13(18)19-7)17-14(20)16-10(3)15(4,5)6/h10H,1-7H3,(H2,16,17,20). The molecule has 0 aliphatic rings. The molecule has 0 bridgehead atoms. The lowest BCUT2D eigenvalue weighted by atomic mass is 9.88. The van der Waals surface area contributed by atoms with Gasteiger partial charge in [0.15, 0.2) is 5.11 Å². The fourth-order valence-electron chi connectivity index (χ4n) is 1.62. The van der Waals surface area contributed by atoms with Gasteiger partial charge in [0.2, 0.25) is 0 Å². The topological polar surface area (TPSA) is 50.4 Å². The Balaban J connectivity index is 2.91. The van der Waals surface area contributed by atoms with Crippen molar-refractivity contribution in [1.82, 2.24) is 5.32 Å². The summed E-state index contributed by atoms with van der Waals surface area (Å²) in [5.74, 6) is -0.342. The van der Waals surface area contributed by atoms with Crippen molar-refractivity contribution in [1.29, 1.82) is 0 Å². The Labute approximate surface area is 136 Å². The quantitative estimate of drug-likeness (QED) is 0.651. The largest absolute Gasteiger partial charge is 0.465 e. The number of methoxy groups -OCH3 is 1. The third-order valence-electron chi connectivity index (χ3n) is 3.65. The van der Waals surface area contributed by atoms with E-state index in [1.165, 1.54) is 18.4 Å². The summed E-state index contributed by atoms with van der Waals surface area (Å²) in [6.07, 6.45) is 0. The van der Waals surface area contributed by atoms with Crippen LogP contribution in [0.15, 0.2) is 0 Å². The zero-order valence-corrected chi connectivity index (χ0v) is 15.3. The number of hydrogen-bond acceptors (Lipinski definition) is 4. The van der Waals surface area contributed by atoms with E-state index in [-0.39, 0.29) is 17.4 Å². The molecule has 2 N–H and O–H groups in total. The number of rotatable bonds is 3. The molecule has 1 unspecified atom stereocenters. The van der Waals surface area contributed by atoms with E-state index in [4.69, 9.17) is 17.0 Å². The molecular weight excluding hydrogens is 304 g/mol. The van der Waals surface area contributed by atoms with Crippen LogP contribution in [0, 0.1) is 19.3 Å². The number of nitrogens with one attached hydrogen (secondary N) is 2. The molecule has 0 saturated carbocycles. The van der Waals surface area contributed by atoms with Gasteiger partial charge in [-0.2, -0.15) is 0 Å². The first kappa shape index (κ1) is 17.9. The van der Waals surface area contributed by atoms with Gasteiger partial charge in [0.1, 0.15) is 5.00 Å². The van der Waals surface area contributed by atoms with E-state index in [2.05, 4.69) is 38.3 Å². The molecule has 0 aromatic carbocycles. The van der Waals surface area contributed by atoms with Crippen LogP contribution in [0.4, 0.5) is 5.00 Å². The normalized spacial score (nSPS) is 12.7. The van der Waals surface area contributed by atoms with Crippen molar-refractivity contribution >= 4 is 39.6 Å². The van der Waals surface area contributed by atoms with E-state index in [1.807, 2.05) is 13.8 Å². The Morgan fingerprint density at radius 1 is 1.33 bits per heavy atom.